The van der Waals surface area contributed by atoms with Crippen molar-refractivity contribution in [3.05, 3.63) is 59.4 Å². The van der Waals surface area contributed by atoms with Crippen LogP contribution in [0.3, 0.4) is 0 Å². The summed E-state index contributed by atoms with van der Waals surface area (Å²) in [6, 6.07) is 11.4. The Morgan fingerprint density at radius 2 is 1.94 bits per heavy atom. The van der Waals surface area contributed by atoms with E-state index < -0.39 is 0 Å². The molecule has 0 aliphatic carbocycles. The van der Waals surface area contributed by atoms with Crippen LogP contribution in [0.2, 0.25) is 0 Å². The topological polar surface area (TPSA) is 71.3 Å². The maximum Gasteiger partial charge on any atom is 0.253 e. The van der Waals surface area contributed by atoms with E-state index in [9.17, 15) is 4.79 Å². The van der Waals surface area contributed by atoms with Gasteiger partial charge in [0.2, 0.25) is 0 Å². The minimum Gasteiger partial charge on any atom is -0.497 e. The lowest BCUT2D eigenvalue weighted by molar-refractivity contribution is 0.0392. The smallest absolute Gasteiger partial charge is 0.253 e. The van der Waals surface area contributed by atoms with Gasteiger partial charge < -0.3 is 19.7 Å². The van der Waals surface area contributed by atoms with E-state index >= 15 is 0 Å². The summed E-state index contributed by atoms with van der Waals surface area (Å²) in [7, 11) is 3.74. The predicted molar refractivity (Wildman–Crippen MR) is 129 cm³/mol. The summed E-state index contributed by atoms with van der Waals surface area (Å²) in [4.78, 5) is 22.3. The molecule has 3 heterocycles. The minimum atomic E-state index is -0.110. The summed E-state index contributed by atoms with van der Waals surface area (Å²) in [5, 5.41) is 3.01. The van der Waals surface area contributed by atoms with Crippen molar-refractivity contribution in [1.82, 2.24) is 19.6 Å². The molecule has 0 atom stereocenters. The molecule has 8 heteroatoms. The number of aromatic nitrogens is 2. The van der Waals surface area contributed by atoms with Gasteiger partial charge >= 0.3 is 0 Å². The van der Waals surface area contributed by atoms with Crippen molar-refractivity contribution in [1.29, 1.82) is 0 Å². The summed E-state index contributed by atoms with van der Waals surface area (Å²) in [5.41, 5.74) is 3.52. The van der Waals surface area contributed by atoms with Crippen LogP contribution in [0.4, 0.5) is 5.82 Å². The molecule has 33 heavy (non-hydrogen) atoms. The molecule has 0 spiro atoms. The molecule has 4 rings (SSSR count). The molecule has 1 aliphatic rings. The van der Waals surface area contributed by atoms with Gasteiger partial charge in [-0.1, -0.05) is 19.1 Å². The lowest BCUT2D eigenvalue weighted by Gasteiger charge is -2.29. The molecule has 0 bridgehead atoms. The van der Waals surface area contributed by atoms with Gasteiger partial charge in [0.05, 0.1) is 31.6 Å². The van der Waals surface area contributed by atoms with Crippen LogP contribution in [0, 0.1) is 0 Å². The van der Waals surface area contributed by atoms with Gasteiger partial charge in [-0.15, -0.1) is 0 Å². The number of anilines is 1. The van der Waals surface area contributed by atoms with E-state index in [4.69, 9.17) is 14.5 Å². The molecular formula is C25H33N5O3. The fourth-order valence-electron chi connectivity index (χ4n) is 4.11. The van der Waals surface area contributed by atoms with Crippen molar-refractivity contribution in [2.24, 2.45) is 0 Å². The number of carbonyl (C=O) groups is 1. The number of pyridine rings is 1. The van der Waals surface area contributed by atoms with Crippen molar-refractivity contribution in [3.8, 4) is 5.75 Å². The summed E-state index contributed by atoms with van der Waals surface area (Å²) in [6.45, 7) is 7.97. The van der Waals surface area contributed by atoms with Crippen LogP contribution < -0.4 is 15.0 Å². The van der Waals surface area contributed by atoms with Gasteiger partial charge in [0.1, 0.15) is 17.2 Å². The third kappa shape index (κ3) is 5.46. The zero-order valence-corrected chi connectivity index (χ0v) is 19.7. The fourth-order valence-corrected chi connectivity index (χ4v) is 4.11. The number of benzene rings is 1. The molecule has 0 radical (unpaired) electrons. The van der Waals surface area contributed by atoms with E-state index in [1.54, 1.807) is 7.11 Å². The second-order valence-corrected chi connectivity index (χ2v) is 8.29. The Hall–Kier alpha value is -3.10. The largest absolute Gasteiger partial charge is 0.497 e. The summed E-state index contributed by atoms with van der Waals surface area (Å²) >= 11 is 0. The number of fused-ring (bicyclic) bond motifs is 1. The van der Waals surface area contributed by atoms with Gasteiger partial charge in [0.25, 0.3) is 5.91 Å². The molecular weight excluding hydrogens is 418 g/mol. The van der Waals surface area contributed by atoms with Gasteiger partial charge in [-0.2, -0.15) is 0 Å². The van der Waals surface area contributed by atoms with Gasteiger partial charge in [-0.3, -0.25) is 14.1 Å². The van der Waals surface area contributed by atoms with Crippen LogP contribution in [0.15, 0.2) is 42.6 Å². The number of hydrogen-bond donors (Lipinski definition) is 1. The number of nitrogens with one attached hydrogen (secondary N) is 1. The first-order valence-electron chi connectivity index (χ1n) is 11.5. The Morgan fingerprint density at radius 3 is 2.64 bits per heavy atom. The molecule has 1 fully saturated rings. The molecule has 8 nitrogen and oxygen atoms in total. The molecule has 176 valence electrons. The van der Waals surface area contributed by atoms with E-state index in [-0.39, 0.29) is 5.91 Å². The number of hydrogen-bond acceptors (Lipinski definition) is 6. The number of imidazole rings is 1. The average molecular weight is 452 g/mol. The standard InChI is InChI=1S/C25H33N5O3/c1-4-22-25(28(2)11-12-29-13-15-33-16-14-29)30-18-20(7-10-23(30)27-22)24(31)26-17-19-5-8-21(32-3)9-6-19/h5-10,18H,4,11-17H2,1-3H3,(H,26,31). The summed E-state index contributed by atoms with van der Waals surface area (Å²) < 4.78 is 12.7. The van der Waals surface area contributed by atoms with Crippen molar-refractivity contribution in [2.45, 2.75) is 19.9 Å². The number of methoxy groups -OCH3 is 1. The first-order valence-corrected chi connectivity index (χ1v) is 11.5. The molecule has 0 saturated carbocycles. The summed E-state index contributed by atoms with van der Waals surface area (Å²) in [5.74, 6) is 1.74. The number of amides is 1. The minimum absolute atomic E-state index is 0.110. The van der Waals surface area contributed by atoms with Crippen LogP contribution in [-0.2, 0) is 17.7 Å². The molecule has 1 N–H and O–H groups in total. The van der Waals surface area contributed by atoms with E-state index in [0.717, 1.165) is 74.3 Å². The highest BCUT2D eigenvalue weighted by atomic mass is 16.5. The van der Waals surface area contributed by atoms with Crippen LogP contribution in [0.1, 0.15) is 28.5 Å². The highest BCUT2D eigenvalue weighted by Crippen LogP contribution is 2.23. The number of ether oxygens (including phenoxy) is 2. The van der Waals surface area contributed by atoms with Crippen LogP contribution in [0.5, 0.6) is 5.75 Å². The zero-order chi connectivity index (χ0) is 23.2. The first-order chi connectivity index (χ1) is 16.1. The number of carbonyl (C=O) groups excluding carboxylic acids is 1. The Morgan fingerprint density at radius 1 is 1.18 bits per heavy atom. The molecule has 1 aromatic carbocycles. The molecule has 3 aromatic rings. The van der Waals surface area contributed by atoms with Crippen molar-refractivity contribution < 1.29 is 14.3 Å². The van der Waals surface area contributed by atoms with Crippen LogP contribution in [-0.4, -0.2) is 73.7 Å². The maximum atomic E-state index is 12.9. The Kier molecular flexibility index (Phi) is 7.47. The fraction of sp³-hybridized carbons (Fsp3) is 0.440. The number of rotatable bonds is 9. The summed E-state index contributed by atoms with van der Waals surface area (Å²) in [6.07, 6.45) is 2.73. The lowest BCUT2D eigenvalue weighted by atomic mass is 10.2. The monoisotopic (exact) mass is 451 g/mol. The predicted octanol–water partition coefficient (Wildman–Crippen LogP) is 2.60. The highest BCUT2D eigenvalue weighted by Gasteiger charge is 2.18. The molecule has 1 aliphatic heterocycles. The van der Waals surface area contributed by atoms with E-state index in [2.05, 4.69) is 29.1 Å². The third-order valence-electron chi connectivity index (χ3n) is 6.09. The third-order valence-corrected chi connectivity index (χ3v) is 6.09. The van der Waals surface area contributed by atoms with E-state index in [1.807, 2.05) is 47.0 Å². The number of morpholine rings is 1. The quantitative estimate of drug-likeness (QED) is 0.539. The van der Waals surface area contributed by atoms with Crippen LogP contribution in [0.25, 0.3) is 5.65 Å². The lowest BCUT2D eigenvalue weighted by Crippen LogP contribution is -2.41. The molecule has 1 amide bonds. The molecule has 2 aromatic heterocycles. The van der Waals surface area contributed by atoms with Crippen molar-refractivity contribution in [2.75, 3.05) is 58.5 Å². The average Bonchev–Trinajstić information content (AvgIpc) is 3.24. The highest BCUT2D eigenvalue weighted by molar-refractivity contribution is 5.94. The molecule has 1 saturated heterocycles. The first kappa shape index (κ1) is 23.1. The van der Waals surface area contributed by atoms with Gasteiger partial charge in [0.15, 0.2) is 0 Å². The van der Waals surface area contributed by atoms with Crippen molar-refractivity contribution >= 4 is 17.4 Å². The SMILES string of the molecule is CCc1nc2ccc(C(=O)NCc3ccc(OC)cc3)cn2c1N(C)CCN1CCOCC1. The Balaban J connectivity index is 1.48. The number of likely N-dealkylation sites (N-methyl/N-ethyl adjacent to an activating group) is 1. The zero-order valence-electron chi connectivity index (χ0n) is 19.7. The normalized spacial score (nSPS) is 14.4. The van der Waals surface area contributed by atoms with Crippen LogP contribution >= 0.6 is 0 Å². The maximum absolute atomic E-state index is 12.9. The van der Waals surface area contributed by atoms with Gasteiger partial charge in [-0.05, 0) is 36.2 Å². The Bertz CT molecular complexity index is 1070. The number of nitrogens with zero attached hydrogens (tertiary/aromatic N) is 4. The number of aryl methyl sites for hydroxylation is 1. The van der Waals surface area contributed by atoms with Gasteiger partial charge in [0, 0.05) is 46.0 Å². The van der Waals surface area contributed by atoms with E-state index in [1.165, 1.54) is 0 Å². The van der Waals surface area contributed by atoms with E-state index in [0.29, 0.717) is 12.1 Å². The second kappa shape index (κ2) is 10.7. The second-order valence-electron chi connectivity index (χ2n) is 8.29. The molecule has 0 unspecified atom stereocenters. The Labute approximate surface area is 195 Å². The van der Waals surface area contributed by atoms with Crippen molar-refractivity contribution in [3.63, 3.8) is 0 Å². The van der Waals surface area contributed by atoms with Gasteiger partial charge in [-0.25, -0.2) is 4.98 Å².